The van der Waals surface area contributed by atoms with Gasteiger partial charge >= 0.3 is 5.97 Å². The van der Waals surface area contributed by atoms with E-state index < -0.39 is 12.1 Å². The van der Waals surface area contributed by atoms with E-state index in [2.05, 4.69) is 4.74 Å². The van der Waals surface area contributed by atoms with Crippen LogP contribution in [-0.2, 0) is 20.9 Å². The molecule has 1 unspecified atom stereocenters. The summed E-state index contributed by atoms with van der Waals surface area (Å²) in [5.41, 5.74) is 1.35. The third-order valence-corrected chi connectivity index (χ3v) is 2.39. The largest absolute Gasteiger partial charge is 0.467 e. The van der Waals surface area contributed by atoms with Crippen molar-refractivity contribution in [2.45, 2.75) is 12.7 Å². The van der Waals surface area contributed by atoms with Crippen LogP contribution >= 0.6 is 0 Å². The fourth-order valence-corrected chi connectivity index (χ4v) is 1.50. The fourth-order valence-electron chi connectivity index (χ4n) is 1.50. The minimum Gasteiger partial charge on any atom is -0.467 e. The molecule has 0 spiro atoms. The number of methoxy groups -OCH3 is 1. The van der Waals surface area contributed by atoms with E-state index in [4.69, 9.17) is 9.47 Å². The summed E-state index contributed by atoms with van der Waals surface area (Å²) in [5, 5.41) is 9.63. The third-order valence-electron chi connectivity index (χ3n) is 2.39. The average Bonchev–Trinajstić information content (AvgIpc) is 2.36. The smallest absolute Gasteiger partial charge is 0.339 e. The molecule has 2 rings (SSSR count). The summed E-state index contributed by atoms with van der Waals surface area (Å²) in [6.45, 7) is 0.661. The van der Waals surface area contributed by atoms with E-state index in [1.165, 1.54) is 7.11 Å². The number of fused-ring (bicyclic) bond motifs is 1. The molecule has 0 amide bonds. The predicted molar refractivity (Wildman–Crippen MR) is 53.7 cm³/mol. The van der Waals surface area contributed by atoms with Gasteiger partial charge in [-0.25, -0.2) is 4.79 Å². The Morgan fingerprint density at radius 2 is 2.38 bits per heavy atom. The summed E-state index contributed by atoms with van der Waals surface area (Å²) in [6.07, 6.45) is -1.28. The summed E-state index contributed by atoms with van der Waals surface area (Å²) < 4.78 is 14.8. The minimum atomic E-state index is -1.28. The highest BCUT2D eigenvalue weighted by molar-refractivity contribution is 5.76. The Hall–Kier alpha value is -1.59. The topological polar surface area (TPSA) is 65.0 Å². The average molecular weight is 224 g/mol. The maximum absolute atomic E-state index is 11.1. The molecule has 0 radical (unpaired) electrons. The van der Waals surface area contributed by atoms with Crippen molar-refractivity contribution in [3.63, 3.8) is 0 Å². The van der Waals surface area contributed by atoms with Crippen LogP contribution in [0, 0.1) is 0 Å². The van der Waals surface area contributed by atoms with Crippen molar-refractivity contribution < 1.29 is 24.1 Å². The van der Waals surface area contributed by atoms with Gasteiger partial charge in [0.2, 0.25) is 0 Å². The van der Waals surface area contributed by atoms with Crippen molar-refractivity contribution in [2.75, 3.05) is 13.9 Å². The molecule has 0 saturated carbocycles. The van der Waals surface area contributed by atoms with E-state index in [1.54, 1.807) is 18.2 Å². The second-order valence-electron chi connectivity index (χ2n) is 3.40. The zero-order valence-electron chi connectivity index (χ0n) is 8.80. The van der Waals surface area contributed by atoms with Crippen molar-refractivity contribution in [2.24, 2.45) is 0 Å². The molecule has 0 aliphatic carbocycles. The normalized spacial score (nSPS) is 15.9. The van der Waals surface area contributed by atoms with Gasteiger partial charge in [0.25, 0.3) is 0 Å². The van der Waals surface area contributed by atoms with E-state index >= 15 is 0 Å². The van der Waals surface area contributed by atoms with Crippen molar-refractivity contribution in [1.29, 1.82) is 0 Å². The third kappa shape index (κ3) is 2.00. The molecule has 1 atom stereocenters. The first-order valence-corrected chi connectivity index (χ1v) is 4.81. The molecule has 1 heterocycles. The standard InChI is InChI=1S/C11H12O5/c1-14-11(13)10(12)7-2-3-8-5-15-6-16-9(8)4-7/h2-4,10,12H,5-6H2,1H3. The van der Waals surface area contributed by atoms with Crippen LogP contribution in [0.4, 0.5) is 0 Å². The quantitative estimate of drug-likeness (QED) is 0.751. The van der Waals surface area contributed by atoms with Gasteiger partial charge in [-0.2, -0.15) is 0 Å². The molecule has 1 aromatic carbocycles. The maximum atomic E-state index is 11.1. The lowest BCUT2D eigenvalue weighted by atomic mass is 10.1. The highest BCUT2D eigenvalue weighted by atomic mass is 16.7. The second kappa shape index (κ2) is 4.51. The van der Waals surface area contributed by atoms with E-state index in [9.17, 15) is 9.90 Å². The van der Waals surface area contributed by atoms with E-state index in [0.29, 0.717) is 17.9 Å². The highest BCUT2D eigenvalue weighted by Crippen LogP contribution is 2.27. The Morgan fingerprint density at radius 1 is 1.56 bits per heavy atom. The zero-order valence-corrected chi connectivity index (χ0v) is 8.80. The first-order valence-electron chi connectivity index (χ1n) is 4.81. The molecule has 1 N–H and O–H groups in total. The number of aliphatic hydroxyl groups excluding tert-OH is 1. The Labute approximate surface area is 92.5 Å². The van der Waals surface area contributed by atoms with Crippen molar-refractivity contribution in [3.8, 4) is 5.75 Å². The molecule has 0 fully saturated rings. The van der Waals surface area contributed by atoms with Gasteiger partial charge in [-0.1, -0.05) is 12.1 Å². The number of esters is 1. The first-order chi connectivity index (χ1) is 7.72. The molecular formula is C11H12O5. The lowest BCUT2D eigenvalue weighted by molar-refractivity contribution is -0.150. The van der Waals surface area contributed by atoms with E-state index in [0.717, 1.165) is 5.56 Å². The summed E-state index contributed by atoms with van der Waals surface area (Å²) in [5.74, 6) is -0.0567. The van der Waals surface area contributed by atoms with Gasteiger partial charge in [-0.3, -0.25) is 0 Å². The Balaban J connectivity index is 2.26. The highest BCUT2D eigenvalue weighted by Gasteiger charge is 2.20. The van der Waals surface area contributed by atoms with Gasteiger partial charge in [-0.15, -0.1) is 0 Å². The van der Waals surface area contributed by atoms with Crippen LogP contribution in [0.1, 0.15) is 17.2 Å². The number of hydrogen-bond donors (Lipinski definition) is 1. The number of rotatable bonds is 2. The maximum Gasteiger partial charge on any atom is 0.339 e. The molecule has 86 valence electrons. The molecule has 0 bridgehead atoms. The van der Waals surface area contributed by atoms with Crippen LogP contribution in [0.3, 0.4) is 0 Å². The summed E-state index contributed by atoms with van der Waals surface area (Å²) in [6, 6.07) is 5.04. The number of ether oxygens (including phenoxy) is 3. The van der Waals surface area contributed by atoms with Crippen molar-refractivity contribution in [3.05, 3.63) is 29.3 Å². The lowest BCUT2D eigenvalue weighted by Crippen LogP contribution is -2.15. The zero-order chi connectivity index (χ0) is 11.5. The van der Waals surface area contributed by atoms with E-state index in [-0.39, 0.29) is 6.79 Å². The minimum absolute atomic E-state index is 0.185. The Kier molecular flexibility index (Phi) is 3.07. The molecule has 0 aromatic heterocycles. The molecular weight excluding hydrogens is 212 g/mol. The van der Waals surface area contributed by atoms with Gasteiger partial charge in [-0.05, 0) is 11.6 Å². The fraction of sp³-hybridized carbons (Fsp3) is 0.364. The number of carbonyl (C=O) groups excluding carboxylic acids is 1. The summed E-state index contributed by atoms with van der Waals surface area (Å²) in [4.78, 5) is 11.1. The summed E-state index contributed by atoms with van der Waals surface area (Å²) in [7, 11) is 1.23. The molecule has 1 aromatic rings. The molecule has 5 heteroatoms. The number of carbonyl (C=O) groups is 1. The Bertz CT molecular complexity index is 401. The monoisotopic (exact) mass is 224 g/mol. The number of benzene rings is 1. The van der Waals surface area contributed by atoms with Crippen LogP contribution in [-0.4, -0.2) is 25.0 Å². The first kappa shape index (κ1) is 10.9. The lowest BCUT2D eigenvalue weighted by Gasteiger charge is -2.19. The van der Waals surface area contributed by atoms with Crippen LogP contribution in [0.2, 0.25) is 0 Å². The van der Waals surface area contributed by atoms with Crippen LogP contribution in [0.5, 0.6) is 5.75 Å². The van der Waals surface area contributed by atoms with Gasteiger partial charge in [0, 0.05) is 5.56 Å². The van der Waals surface area contributed by atoms with Crippen molar-refractivity contribution >= 4 is 5.97 Å². The van der Waals surface area contributed by atoms with Gasteiger partial charge in [0.1, 0.15) is 5.75 Å². The molecule has 16 heavy (non-hydrogen) atoms. The van der Waals surface area contributed by atoms with Crippen molar-refractivity contribution in [1.82, 2.24) is 0 Å². The number of hydrogen-bond acceptors (Lipinski definition) is 5. The van der Waals surface area contributed by atoms with Gasteiger partial charge in [0.05, 0.1) is 13.7 Å². The van der Waals surface area contributed by atoms with Crippen LogP contribution in [0.25, 0.3) is 0 Å². The molecule has 0 saturated heterocycles. The summed E-state index contributed by atoms with van der Waals surface area (Å²) >= 11 is 0. The van der Waals surface area contributed by atoms with Gasteiger partial charge in [0.15, 0.2) is 12.9 Å². The SMILES string of the molecule is COC(=O)C(O)c1ccc2c(c1)OCOC2. The Morgan fingerprint density at radius 3 is 3.12 bits per heavy atom. The van der Waals surface area contributed by atoms with Crippen LogP contribution in [0.15, 0.2) is 18.2 Å². The second-order valence-corrected chi connectivity index (χ2v) is 3.40. The molecule has 5 nitrogen and oxygen atoms in total. The molecule has 1 aliphatic rings. The predicted octanol–water partition coefficient (Wildman–Crippen LogP) is 0.759. The van der Waals surface area contributed by atoms with Gasteiger partial charge < -0.3 is 19.3 Å². The van der Waals surface area contributed by atoms with Crippen LogP contribution < -0.4 is 4.74 Å². The number of aliphatic hydroxyl groups is 1. The van der Waals surface area contributed by atoms with E-state index in [1.807, 2.05) is 0 Å². The molecule has 1 aliphatic heterocycles.